The molecular formula is C13H24. The molecule has 13 heavy (non-hydrogen) atoms. The van der Waals surface area contributed by atoms with Gasteiger partial charge in [-0.25, -0.2) is 0 Å². The van der Waals surface area contributed by atoms with Crippen LogP contribution < -0.4 is 0 Å². The minimum atomic E-state index is 1.13. The summed E-state index contributed by atoms with van der Waals surface area (Å²) in [5.41, 5.74) is 0. The van der Waals surface area contributed by atoms with E-state index < -0.39 is 0 Å². The lowest BCUT2D eigenvalue weighted by molar-refractivity contribution is 0.247. The monoisotopic (exact) mass is 180 g/mol. The predicted octanol–water partition coefficient (Wildman–Crippen LogP) is 4.54. The first kappa shape index (κ1) is 9.55. The quantitative estimate of drug-likeness (QED) is 0.513. The first-order valence-corrected chi connectivity index (χ1v) is 6.47. The molecule has 0 radical (unpaired) electrons. The van der Waals surface area contributed by atoms with Crippen LogP contribution in [-0.4, -0.2) is 0 Å². The highest BCUT2D eigenvalue weighted by atomic mass is 14.3. The molecule has 2 unspecified atom stereocenters. The van der Waals surface area contributed by atoms with Crippen LogP contribution in [0.25, 0.3) is 0 Å². The molecule has 2 fully saturated rings. The zero-order valence-corrected chi connectivity index (χ0v) is 8.93. The molecule has 0 spiro atoms. The van der Waals surface area contributed by atoms with Crippen LogP contribution in [0.3, 0.4) is 0 Å². The Kier molecular flexibility index (Phi) is 3.69. The Bertz CT molecular complexity index is 123. The summed E-state index contributed by atoms with van der Waals surface area (Å²) in [7, 11) is 0. The van der Waals surface area contributed by atoms with Crippen LogP contribution >= 0.6 is 0 Å². The molecule has 2 aliphatic carbocycles. The normalized spacial score (nSPS) is 36.9. The third kappa shape index (κ3) is 2.72. The molecule has 2 atom stereocenters. The maximum atomic E-state index is 1.56. The summed E-state index contributed by atoms with van der Waals surface area (Å²) in [5.74, 6) is 2.26. The molecule has 0 saturated heterocycles. The minimum absolute atomic E-state index is 1.13. The summed E-state index contributed by atoms with van der Waals surface area (Å²) >= 11 is 0. The van der Waals surface area contributed by atoms with Gasteiger partial charge >= 0.3 is 0 Å². The van der Waals surface area contributed by atoms with Gasteiger partial charge < -0.3 is 0 Å². The number of hydrogen-bond acceptors (Lipinski definition) is 0. The molecule has 0 aliphatic heterocycles. The maximum absolute atomic E-state index is 1.56. The molecule has 76 valence electrons. The molecular weight excluding hydrogens is 156 g/mol. The summed E-state index contributed by atoms with van der Waals surface area (Å²) in [6, 6.07) is 0. The molecule has 0 N–H and O–H groups in total. The fourth-order valence-electron chi connectivity index (χ4n) is 3.39. The molecule has 0 bridgehead atoms. The van der Waals surface area contributed by atoms with Crippen molar-refractivity contribution in [2.45, 2.75) is 70.6 Å². The lowest BCUT2D eigenvalue weighted by Gasteiger charge is -2.27. The number of hydrogen-bond donors (Lipinski definition) is 0. The fourth-order valence-corrected chi connectivity index (χ4v) is 3.39. The van der Waals surface area contributed by atoms with Crippen molar-refractivity contribution in [1.29, 1.82) is 0 Å². The molecule has 0 heteroatoms. The second-order valence-corrected chi connectivity index (χ2v) is 5.15. The van der Waals surface area contributed by atoms with E-state index in [1.54, 1.807) is 25.7 Å². The Morgan fingerprint density at radius 2 is 0.692 bits per heavy atom. The summed E-state index contributed by atoms with van der Waals surface area (Å²) in [6.07, 6.45) is 16.9. The standard InChI is InChI=1S/C13H24/c1-2-5-9-13-11-7-3-6-10-12(13)8-4-1/h12-13H,1-11H2. The molecule has 0 aromatic heterocycles. The van der Waals surface area contributed by atoms with Gasteiger partial charge in [-0.2, -0.15) is 0 Å². The van der Waals surface area contributed by atoms with Gasteiger partial charge in [0.15, 0.2) is 0 Å². The Labute approximate surface area is 83.1 Å². The van der Waals surface area contributed by atoms with Crippen molar-refractivity contribution in [1.82, 2.24) is 0 Å². The highest BCUT2D eigenvalue weighted by molar-refractivity contribution is 4.75. The van der Waals surface area contributed by atoms with E-state index >= 15 is 0 Å². The molecule has 2 rings (SSSR count). The van der Waals surface area contributed by atoms with Crippen LogP contribution in [0.2, 0.25) is 0 Å². The van der Waals surface area contributed by atoms with Crippen LogP contribution in [-0.2, 0) is 0 Å². The van der Waals surface area contributed by atoms with E-state index in [-0.39, 0.29) is 0 Å². The maximum Gasteiger partial charge on any atom is -0.0386 e. The lowest BCUT2D eigenvalue weighted by Crippen LogP contribution is -2.15. The van der Waals surface area contributed by atoms with Crippen molar-refractivity contribution in [3.8, 4) is 0 Å². The van der Waals surface area contributed by atoms with Gasteiger partial charge in [-0.1, -0.05) is 70.6 Å². The van der Waals surface area contributed by atoms with Crippen LogP contribution in [0, 0.1) is 11.8 Å². The van der Waals surface area contributed by atoms with E-state index in [0.717, 1.165) is 11.8 Å². The second-order valence-electron chi connectivity index (χ2n) is 5.15. The summed E-state index contributed by atoms with van der Waals surface area (Å²) in [6.45, 7) is 0. The lowest BCUT2D eigenvalue weighted by atomic mass is 9.79. The van der Waals surface area contributed by atoms with Crippen LogP contribution in [0.4, 0.5) is 0 Å². The van der Waals surface area contributed by atoms with Gasteiger partial charge in [0.1, 0.15) is 0 Å². The zero-order valence-electron chi connectivity index (χ0n) is 8.93. The molecule has 0 heterocycles. The minimum Gasteiger partial charge on any atom is -0.0533 e. The molecule has 0 aromatic rings. The van der Waals surface area contributed by atoms with Crippen molar-refractivity contribution in [3.05, 3.63) is 0 Å². The van der Waals surface area contributed by atoms with Crippen LogP contribution in [0.5, 0.6) is 0 Å². The van der Waals surface area contributed by atoms with Crippen LogP contribution in [0.1, 0.15) is 70.6 Å². The Hall–Kier alpha value is 0. The van der Waals surface area contributed by atoms with Gasteiger partial charge in [0.05, 0.1) is 0 Å². The van der Waals surface area contributed by atoms with Gasteiger partial charge in [-0.15, -0.1) is 0 Å². The van der Waals surface area contributed by atoms with Crippen LogP contribution in [0.15, 0.2) is 0 Å². The van der Waals surface area contributed by atoms with Crippen molar-refractivity contribution in [2.75, 3.05) is 0 Å². The van der Waals surface area contributed by atoms with E-state index in [2.05, 4.69) is 0 Å². The smallest absolute Gasteiger partial charge is 0.0386 e. The Morgan fingerprint density at radius 3 is 1.08 bits per heavy atom. The first-order valence-electron chi connectivity index (χ1n) is 6.47. The molecule has 0 aromatic carbocycles. The van der Waals surface area contributed by atoms with Crippen molar-refractivity contribution >= 4 is 0 Å². The van der Waals surface area contributed by atoms with Gasteiger partial charge in [0.25, 0.3) is 0 Å². The summed E-state index contributed by atoms with van der Waals surface area (Å²) < 4.78 is 0. The average molecular weight is 180 g/mol. The molecule has 2 aliphatic rings. The van der Waals surface area contributed by atoms with Crippen molar-refractivity contribution < 1.29 is 0 Å². The van der Waals surface area contributed by atoms with Gasteiger partial charge in [-0.3, -0.25) is 0 Å². The largest absolute Gasteiger partial charge is 0.0533 e. The fraction of sp³-hybridized carbons (Fsp3) is 1.00. The van der Waals surface area contributed by atoms with E-state index in [4.69, 9.17) is 0 Å². The predicted molar refractivity (Wildman–Crippen MR) is 57.8 cm³/mol. The topological polar surface area (TPSA) is 0 Å². The van der Waals surface area contributed by atoms with Gasteiger partial charge in [0.2, 0.25) is 0 Å². The average Bonchev–Trinajstić information content (AvgIpc) is 2.30. The summed E-state index contributed by atoms with van der Waals surface area (Å²) in [4.78, 5) is 0. The van der Waals surface area contributed by atoms with E-state index in [9.17, 15) is 0 Å². The van der Waals surface area contributed by atoms with E-state index in [0.29, 0.717) is 0 Å². The van der Waals surface area contributed by atoms with E-state index in [1.165, 1.54) is 44.9 Å². The molecule has 0 nitrogen and oxygen atoms in total. The Morgan fingerprint density at radius 1 is 0.385 bits per heavy atom. The third-order valence-corrected chi connectivity index (χ3v) is 4.22. The van der Waals surface area contributed by atoms with Crippen molar-refractivity contribution in [3.63, 3.8) is 0 Å². The molecule has 2 saturated carbocycles. The highest BCUT2D eigenvalue weighted by Crippen LogP contribution is 2.37. The van der Waals surface area contributed by atoms with Crippen molar-refractivity contribution in [2.24, 2.45) is 11.8 Å². The third-order valence-electron chi connectivity index (χ3n) is 4.22. The van der Waals surface area contributed by atoms with Gasteiger partial charge in [0, 0.05) is 0 Å². The SMILES string of the molecule is C1CCCC2CCCCCC2CC1. The first-order chi connectivity index (χ1) is 6.47. The van der Waals surface area contributed by atoms with Gasteiger partial charge in [-0.05, 0) is 11.8 Å². The zero-order chi connectivity index (χ0) is 8.93. The second kappa shape index (κ2) is 5.02. The highest BCUT2D eigenvalue weighted by Gasteiger charge is 2.23. The summed E-state index contributed by atoms with van der Waals surface area (Å²) in [5, 5.41) is 0. The molecule has 0 amide bonds. The number of rotatable bonds is 0. The van der Waals surface area contributed by atoms with E-state index in [1.807, 2.05) is 0 Å². The number of fused-ring (bicyclic) bond motifs is 1. The Balaban J connectivity index is 1.91.